The number of fused-ring (bicyclic) bond motifs is 2. The number of anilines is 1. The minimum atomic E-state index is -0.689. The van der Waals surface area contributed by atoms with Gasteiger partial charge in [-0.3, -0.25) is 19.3 Å². The number of rotatable bonds is 7. The Morgan fingerprint density at radius 1 is 0.761 bits per heavy atom. The first kappa shape index (κ1) is 29.3. The van der Waals surface area contributed by atoms with Gasteiger partial charge in [-0.15, -0.1) is 0 Å². The molecule has 1 aromatic heterocycles. The monoisotopic (exact) mass is 626 g/mol. The van der Waals surface area contributed by atoms with E-state index < -0.39 is 12.6 Å². The molecule has 0 N–H and O–H groups in total. The van der Waals surface area contributed by atoms with Crippen LogP contribution in [0.5, 0.6) is 0 Å². The van der Waals surface area contributed by atoms with Crippen molar-refractivity contribution in [3.8, 4) is 22.4 Å². The highest BCUT2D eigenvalue weighted by Gasteiger charge is 2.47. The van der Waals surface area contributed by atoms with E-state index in [0.717, 1.165) is 11.1 Å². The number of carbonyl (C=O) groups excluding carboxylic acids is 4. The lowest BCUT2D eigenvalue weighted by atomic mass is 9.85. The first-order valence-corrected chi connectivity index (χ1v) is 15.3. The Hall–Kier alpha value is -5.40. The summed E-state index contributed by atoms with van der Waals surface area (Å²) in [7, 11) is 0. The number of benzene rings is 4. The summed E-state index contributed by atoms with van der Waals surface area (Å²) in [4.78, 5) is 58.5. The van der Waals surface area contributed by atoms with Crippen molar-refractivity contribution in [3.05, 3.63) is 131 Å². The molecule has 0 saturated carbocycles. The van der Waals surface area contributed by atoms with Crippen molar-refractivity contribution in [1.82, 2.24) is 4.98 Å². The highest BCUT2D eigenvalue weighted by molar-refractivity contribution is 6.31. The van der Waals surface area contributed by atoms with E-state index in [0.29, 0.717) is 51.3 Å². The molecular weight excluding hydrogens is 600 g/mol. The zero-order valence-corrected chi connectivity index (χ0v) is 25.3. The van der Waals surface area contributed by atoms with Crippen LogP contribution in [0.25, 0.3) is 33.3 Å². The van der Waals surface area contributed by atoms with Crippen LogP contribution in [0, 0.1) is 11.8 Å². The maximum Gasteiger partial charge on any atom is 0.339 e. The number of ether oxygens (including phenoxy) is 1. The molecule has 7 nitrogen and oxygen atoms in total. The number of allylic oxidation sites excluding steroid dienone is 2. The van der Waals surface area contributed by atoms with Crippen molar-refractivity contribution < 1.29 is 23.9 Å². The summed E-state index contributed by atoms with van der Waals surface area (Å²) in [5, 5.41) is 0.910. The molecule has 0 spiro atoms. The van der Waals surface area contributed by atoms with Gasteiger partial charge in [0.25, 0.3) is 0 Å². The number of halogens is 1. The van der Waals surface area contributed by atoms with Gasteiger partial charge >= 0.3 is 5.97 Å². The predicted octanol–water partition coefficient (Wildman–Crippen LogP) is 7.72. The normalized spacial score (nSPS) is 17.3. The van der Waals surface area contributed by atoms with E-state index in [4.69, 9.17) is 21.3 Å². The van der Waals surface area contributed by atoms with Gasteiger partial charge in [0.2, 0.25) is 11.8 Å². The molecule has 0 bridgehead atoms. The predicted molar refractivity (Wildman–Crippen MR) is 177 cm³/mol. The van der Waals surface area contributed by atoms with E-state index >= 15 is 0 Å². The van der Waals surface area contributed by atoms with Crippen LogP contribution in [0.2, 0.25) is 5.02 Å². The zero-order valence-electron chi connectivity index (χ0n) is 24.6. The van der Waals surface area contributed by atoms with E-state index in [1.807, 2.05) is 54.6 Å². The average Bonchev–Trinajstić information content (AvgIpc) is 3.36. The Morgan fingerprint density at radius 2 is 1.39 bits per heavy atom. The number of imide groups is 1. The fraction of sp³-hybridized carbons (Fsp3) is 0.132. The Morgan fingerprint density at radius 3 is 2.07 bits per heavy atom. The zero-order chi connectivity index (χ0) is 31.8. The average molecular weight is 627 g/mol. The Labute approximate surface area is 270 Å². The minimum Gasteiger partial charge on any atom is -0.454 e. The number of ketones is 1. The maximum atomic E-state index is 13.4. The fourth-order valence-electron chi connectivity index (χ4n) is 6.12. The molecule has 8 heteroatoms. The van der Waals surface area contributed by atoms with Crippen molar-refractivity contribution >= 4 is 51.8 Å². The van der Waals surface area contributed by atoms with Gasteiger partial charge in [-0.25, -0.2) is 9.78 Å². The molecule has 0 radical (unpaired) electrons. The van der Waals surface area contributed by atoms with Gasteiger partial charge in [0.05, 0.1) is 34.3 Å². The SMILES string of the molecule is O=C(COC(=O)c1cc(-c2ccc(N3C(=O)C4CC=CCC4C3=O)cc2)nc2ccc(Cl)cc12)c1ccc(-c2ccccc2)cc1. The van der Waals surface area contributed by atoms with Crippen LogP contribution in [0.3, 0.4) is 0 Å². The van der Waals surface area contributed by atoms with Crippen LogP contribution in [-0.2, 0) is 14.3 Å². The number of hydrogen-bond acceptors (Lipinski definition) is 6. The van der Waals surface area contributed by atoms with E-state index in [1.54, 1.807) is 60.7 Å². The number of aromatic nitrogens is 1. The standard InChI is InChI=1S/C38H27ClN2O5/c39-27-16-19-33-31(20-27)32(38(45)46-22-35(42)26-12-10-24(11-13-26)23-6-2-1-3-7-23)21-34(40-33)25-14-17-28(18-15-25)41-36(43)29-8-4-5-9-30(29)37(41)44/h1-7,10-21,29-30H,8-9,22H2. The summed E-state index contributed by atoms with van der Waals surface area (Å²) in [6.07, 6.45) is 5.05. The molecule has 1 fully saturated rings. The molecule has 5 aromatic rings. The molecule has 226 valence electrons. The molecular formula is C38H27ClN2O5. The van der Waals surface area contributed by atoms with E-state index in [-0.39, 0.29) is 35.0 Å². The quantitative estimate of drug-likeness (QED) is 0.0795. The largest absolute Gasteiger partial charge is 0.454 e. The Kier molecular flexibility index (Phi) is 7.76. The molecule has 2 aliphatic rings. The van der Waals surface area contributed by atoms with Crippen LogP contribution in [-0.4, -0.2) is 35.2 Å². The molecule has 1 aliphatic carbocycles. The summed E-state index contributed by atoms with van der Waals surface area (Å²) in [6.45, 7) is -0.437. The summed E-state index contributed by atoms with van der Waals surface area (Å²) in [5.74, 6) is -2.02. The second kappa shape index (κ2) is 12.2. The van der Waals surface area contributed by atoms with Crippen LogP contribution in [0.4, 0.5) is 5.69 Å². The van der Waals surface area contributed by atoms with Crippen LogP contribution in [0.1, 0.15) is 33.6 Å². The Bertz CT molecular complexity index is 2010. The molecule has 2 atom stereocenters. The first-order chi connectivity index (χ1) is 22.4. The molecule has 46 heavy (non-hydrogen) atoms. The van der Waals surface area contributed by atoms with Crippen LogP contribution in [0.15, 0.2) is 115 Å². The van der Waals surface area contributed by atoms with E-state index in [9.17, 15) is 19.2 Å². The van der Waals surface area contributed by atoms with Crippen LogP contribution >= 0.6 is 11.6 Å². The van der Waals surface area contributed by atoms with Gasteiger partial charge in [-0.2, -0.15) is 0 Å². The van der Waals surface area contributed by atoms with Crippen molar-refractivity contribution in [2.24, 2.45) is 11.8 Å². The minimum absolute atomic E-state index is 0.181. The number of amides is 2. The fourth-order valence-corrected chi connectivity index (χ4v) is 6.29. The number of hydrogen-bond donors (Lipinski definition) is 0. The third-order valence-electron chi connectivity index (χ3n) is 8.57. The topological polar surface area (TPSA) is 93.6 Å². The molecule has 7 rings (SSSR count). The van der Waals surface area contributed by atoms with Gasteiger partial charge < -0.3 is 4.74 Å². The summed E-state index contributed by atoms with van der Waals surface area (Å²) >= 11 is 6.27. The van der Waals surface area contributed by atoms with Gasteiger partial charge in [-0.05, 0) is 60.4 Å². The van der Waals surface area contributed by atoms with Crippen LogP contribution < -0.4 is 4.90 Å². The first-order valence-electron chi connectivity index (χ1n) is 15.0. The Balaban J connectivity index is 1.12. The number of Topliss-reactive ketones (excluding diaryl/α,β-unsaturated/α-hetero) is 1. The number of pyridine rings is 1. The maximum absolute atomic E-state index is 13.4. The second-order valence-corrected chi connectivity index (χ2v) is 11.8. The number of nitrogens with zero attached hydrogens (tertiary/aromatic N) is 2. The highest BCUT2D eigenvalue weighted by Crippen LogP contribution is 2.38. The third kappa shape index (κ3) is 5.50. The van der Waals surface area contributed by atoms with Crippen molar-refractivity contribution in [1.29, 1.82) is 0 Å². The molecule has 4 aromatic carbocycles. The highest BCUT2D eigenvalue weighted by atomic mass is 35.5. The number of esters is 1. The molecule has 2 unspecified atom stereocenters. The molecule has 1 aliphatic heterocycles. The van der Waals surface area contributed by atoms with Gasteiger partial charge in [0.15, 0.2) is 12.4 Å². The number of carbonyl (C=O) groups is 4. The van der Waals surface area contributed by atoms with Crippen molar-refractivity contribution in [2.75, 3.05) is 11.5 Å². The molecule has 2 amide bonds. The van der Waals surface area contributed by atoms with Gasteiger partial charge in [0, 0.05) is 21.5 Å². The molecule has 1 saturated heterocycles. The summed E-state index contributed by atoms with van der Waals surface area (Å²) in [6, 6.07) is 30.6. The lowest BCUT2D eigenvalue weighted by molar-refractivity contribution is -0.122. The lowest BCUT2D eigenvalue weighted by Gasteiger charge is -2.15. The smallest absolute Gasteiger partial charge is 0.339 e. The summed E-state index contributed by atoms with van der Waals surface area (Å²) < 4.78 is 5.51. The third-order valence-corrected chi connectivity index (χ3v) is 8.80. The van der Waals surface area contributed by atoms with Crippen molar-refractivity contribution in [2.45, 2.75) is 12.8 Å². The lowest BCUT2D eigenvalue weighted by Crippen LogP contribution is -2.30. The van der Waals surface area contributed by atoms with E-state index in [1.165, 1.54) is 4.90 Å². The van der Waals surface area contributed by atoms with Gasteiger partial charge in [-0.1, -0.05) is 90.5 Å². The summed E-state index contributed by atoms with van der Waals surface area (Å²) in [5.41, 5.74) is 4.81. The van der Waals surface area contributed by atoms with Crippen molar-refractivity contribution in [3.63, 3.8) is 0 Å². The second-order valence-electron chi connectivity index (χ2n) is 11.4. The molecule has 2 heterocycles. The van der Waals surface area contributed by atoms with Gasteiger partial charge in [0.1, 0.15) is 0 Å². The van der Waals surface area contributed by atoms with E-state index in [2.05, 4.69) is 0 Å².